The fourth-order valence-electron chi connectivity index (χ4n) is 2.69. The van der Waals surface area contributed by atoms with E-state index >= 15 is 0 Å². The van der Waals surface area contributed by atoms with E-state index in [1.807, 2.05) is 43.5 Å². The molecule has 6 nitrogen and oxygen atoms in total. The molecule has 118 valence electrons. The van der Waals surface area contributed by atoms with Gasteiger partial charge in [-0.1, -0.05) is 29.8 Å². The molecular weight excluding hydrogens is 302 g/mol. The van der Waals surface area contributed by atoms with E-state index in [1.54, 1.807) is 23.1 Å². The fraction of sp³-hybridized carbons (Fsp3) is 0.111. The Hall–Kier alpha value is -3.28. The van der Waals surface area contributed by atoms with Crippen molar-refractivity contribution in [3.05, 3.63) is 72.6 Å². The summed E-state index contributed by atoms with van der Waals surface area (Å²) in [6, 6.07) is 9.92. The van der Waals surface area contributed by atoms with Crippen LogP contribution in [0.1, 0.15) is 15.9 Å². The van der Waals surface area contributed by atoms with Gasteiger partial charge in [-0.05, 0) is 13.0 Å². The topological polar surface area (TPSA) is 65.1 Å². The summed E-state index contributed by atoms with van der Waals surface area (Å²) in [4.78, 5) is 20.8. The Kier molecular flexibility index (Phi) is 3.42. The van der Waals surface area contributed by atoms with Crippen LogP contribution in [0.5, 0.6) is 0 Å². The fourth-order valence-corrected chi connectivity index (χ4v) is 2.69. The molecule has 0 bridgehead atoms. The molecule has 0 radical (unpaired) electrons. The van der Waals surface area contributed by atoms with Crippen molar-refractivity contribution in [1.29, 1.82) is 0 Å². The summed E-state index contributed by atoms with van der Waals surface area (Å²) < 4.78 is 3.19. The van der Waals surface area contributed by atoms with Crippen LogP contribution in [0.4, 0.5) is 0 Å². The number of benzene rings is 1. The van der Waals surface area contributed by atoms with Gasteiger partial charge in [0.25, 0.3) is 0 Å². The normalized spacial score (nSPS) is 11.0. The monoisotopic (exact) mass is 317 g/mol. The quantitative estimate of drug-likeness (QED) is 0.583. The lowest BCUT2D eigenvalue weighted by atomic mass is 10.0. The second-order valence-corrected chi connectivity index (χ2v) is 5.62. The SMILES string of the molecule is Cc1ccc(-c2nn3cccnc3c2CC(=O)n2ccnc2)cc1. The van der Waals surface area contributed by atoms with Crippen LogP contribution in [0.3, 0.4) is 0 Å². The van der Waals surface area contributed by atoms with E-state index in [0.717, 1.165) is 16.8 Å². The minimum Gasteiger partial charge on any atom is -0.276 e. The standard InChI is InChI=1S/C18H15N5O/c1-13-3-5-14(6-4-13)17-15(11-16(24)22-10-8-19-12-22)18-20-7-2-9-23(18)21-17/h2-10,12H,11H2,1H3. The zero-order valence-corrected chi connectivity index (χ0v) is 13.1. The van der Waals surface area contributed by atoms with Gasteiger partial charge in [0.05, 0.1) is 12.1 Å². The summed E-state index contributed by atoms with van der Waals surface area (Å²) in [5.41, 5.74) is 4.44. The molecule has 0 unspecified atom stereocenters. The maximum Gasteiger partial charge on any atom is 0.236 e. The van der Waals surface area contributed by atoms with E-state index in [4.69, 9.17) is 0 Å². The molecule has 0 spiro atoms. The highest BCUT2D eigenvalue weighted by Crippen LogP contribution is 2.26. The number of carbonyl (C=O) groups excluding carboxylic acids is 1. The second kappa shape index (κ2) is 5.73. The molecule has 6 heteroatoms. The predicted molar refractivity (Wildman–Crippen MR) is 89.7 cm³/mol. The molecule has 4 aromatic rings. The Bertz CT molecular complexity index is 1000. The first-order valence-electron chi connectivity index (χ1n) is 7.63. The lowest BCUT2D eigenvalue weighted by Crippen LogP contribution is -2.12. The minimum absolute atomic E-state index is 0.0681. The van der Waals surface area contributed by atoms with Crippen molar-refractivity contribution in [3.63, 3.8) is 0 Å². The van der Waals surface area contributed by atoms with Crippen molar-refractivity contribution in [2.45, 2.75) is 13.3 Å². The van der Waals surface area contributed by atoms with E-state index in [0.29, 0.717) is 5.65 Å². The largest absolute Gasteiger partial charge is 0.276 e. The van der Waals surface area contributed by atoms with Gasteiger partial charge in [-0.2, -0.15) is 5.10 Å². The summed E-state index contributed by atoms with van der Waals surface area (Å²) >= 11 is 0. The highest BCUT2D eigenvalue weighted by Gasteiger charge is 2.19. The average Bonchev–Trinajstić information content (AvgIpc) is 3.24. The summed E-state index contributed by atoms with van der Waals surface area (Å²) in [6.45, 7) is 2.04. The van der Waals surface area contributed by atoms with Gasteiger partial charge in [-0.15, -0.1) is 0 Å². The third-order valence-electron chi connectivity index (χ3n) is 3.94. The van der Waals surface area contributed by atoms with Crippen LogP contribution in [0.25, 0.3) is 16.9 Å². The molecule has 0 N–H and O–H groups in total. The van der Waals surface area contributed by atoms with Gasteiger partial charge in [0.1, 0.15) is 6.33 Å². The number of nitrogens with zero attached hydrogens (tertiary/aromatic N) is 5. The molecule has 3 heterocycles. The first kappa shape index (κ1) is 14.3. The highest BCUT2D eigenvalue weighted by atomic mass is 16.2. The maximum atomic E-state index is 12.5. The van der Waals surface area contributed by atoms with Crippen molar-refractivity contribution in [2.75, 3.05) is 0 Å². The number of hydrogen-bond acceptors (Lipinski definition) is 4. The molecule has 0 aliphatic heterocycles. The molecule has 0 saturated carbocycles. The molecule has 0 aliphatic rings. The Labute approximate surface area is 138 Å². The van der Waals surface area contributed by atoms with Crippen molar-refractivity contribution in [2.24, 2.45) is 0 Å². The zero-order valence-electron chi connectivity index (χ0n) is 13.1. The van der Waals surface area contributed by atoms with Crippen LogP contribution < -0.4 is 0 Å². The van der Waals surface area contributed by atoms with Crippen LogP contribution >= 0.6 is 0 Å². The smallest absolute Gasteiger partial charge is 0.236 e. The molecule has 0 atom stereocenters. The number of fused-ring (bicyclic) bond motifs is 1. The van der Waals surface area contributed by atoms with Gasteiger partial charge < -0.3 is 0 Å². The number of imidazole rings is 1. The summed E-state index contributed by atoms with van der Waals surface area (Å²) in [5.74, 6) is -0.0681. The molecule has 0 amide bonds. The highest BCUT2D eigenvalue weighted by molar-refractivity contribution is 5.86. The van der Waals surface area contributed by atoms with Crippen LogP contribution in [0.15, 0.2) is 61.4 Å². The van der Waals surface area contributed by atoms with Crippen molar-refractivity contribution in [3.8, 4) is 11.3 Å². The number of hydrogen-bond donors (Lipinski definition) is 0. The molecule has 1 aromatic carbocycles. The van der Waals surface area contributed by atoms with E-state index in [1.165, 1.54) is 16.5 Å². The number of carbonyl (C=O) groups is 1. The molecule has 4 rings (SSSR count). The summed E-state index contributed by atoms with van der Waals surface area (Å²) in [5, 5.41) is 4.62. The van der Waals surface area contributed by atoms with Gasteiger partial charge in [0.2, 0.25) is 5.91 Å². The van der Waals surface area contributed by atoms with Crippen molar-refractivity contribution >= 4 is 11.6 Å². The second-order valence-electron chi connectivity index (χ2n) is 5.62. The van der Waals surface area contributed by atoms with Gasteiger partial charge in [-0.3, -0.25) is 9.36 Å². The number of aryl methyl sites for hydroxylation is 1. The third kappa shape index (κ3) is 2.48. The maximum absolute atomic E-state index is 12.5. The van der Waals surface area contributed by atoms with Crippen molar-refractivity contribution < 1.29 is 4.79 Å². The molecule has 0 aliphatic carbocycles. The zero-order chi connectivity index (χ0) is 16.5. The summed E-state index contributed by atoms with van der Waals surface area (Å²) in [7, 11) is 0. The lowest BCUT2D eigenvalue weighted by Gasteiger charge is -2.04. The molecule has 24 heavy (non-hydrogen) atoms. The Balaban J connectivity index is 1.84. The van der Waals surface area contributed by atoms with Crippen LogP contribution in [-0.4, -0.2) is 30.1 Å². The number of rotatable bonds is 3. The Morgan fingerprint density at radius 2 is 1.96 bits per heavy atom. The Morgan fingerprint density at radius 3 is 2.71 bits per heavy atom. The van der Waals surface area contributed by atoms with E-state index in [-0.39, 0.29) is 12.3 Å². The van der Waals surface area contributed by atoms with Gasteiger partial charge in [0.15, 0.2) is 5.65 Å². The van der Waals surface area contributed by atoms with Gasteiger partial charge in [0, 0.05) is 35.9 Å². The number of aromatic nitrogens is 5. The van der Waals surface area contributed by atoms with Gasteiger partial charge >= 0.3 is 0 Å². The average molecular weight is 317 g/mol. The first-order valence-corrected chi connectivity index (χ1v) is 7.63. The van der Waals surface area contributed by atoms with Crippen LogP contribution in [0, 0.1) is 6.92 Å². The Morgan fingerprint density at radius 1 is 1.12 bits per heavy atom. The van der Waals surface area contributed by atoms with Crippen LogP contribution in [-0.2, 0) is 6.42 Å². The minimum atomic E-state index is -0.0681. The predicted octanol–water partition coefficient (Wildman–Crippen LogP) is 2.78. The lowest BCUT2D eigenvalue weighted by molar-refractivity contribution is 0.0914. The molecule has 0 fully saturated rings. The molecular formula is C18H15N5O. The van der Waals surface area contributed by atoms with E-state index in [2.05, 4.69) is 15.1 Å². The van der Waals surface area contributed by atoms with Crippen LogP contribution in [0.2, 0.25) is 0 Å². The van der Waals surface area contributed by atoms with Gasteiger partial charge in [-0.25, -0.2) is 14.5 Å². The van der Waals surface area contributed by atoms with E-state index < -0.39 is 0 Å². The first-order chi connectivity index (χ1) is 11.7. The molecule has 3 aromatic heterocycles. The molecule has 0 saturated heterocycles. The van der Waals surface area contributed by atoms with Crippen molar-refractivity contribution in [1.82, 2.24) is 24.1 Å². The summed E-state index contributed by atoms with van der Waals surface area (Å²) in [6.07, 6.45) is 8.50. The third-order valence-corrected chi connectivity index (χ3v) is 3.94. The van der Waals surface area contributed by atoms with E-state index in [9.17, 15) is 4.79 Å².